The SMILES string of the molecule is CCCC(NC(C)c1ccccc1OC)c1cccs1. The zero-order valence-electron chi connectivity index (χ0n) is 12.4. The standard InChI is InChI=1S/C17H23NOS/c1-4-8-15(17-11-7-12-20-17)18-13(2)14-9-5-6-10-16(14)19-3/h5-7,9-13,15,18H,4,8H2,1-3H3. The Morgan fingerprint density at radius 2 is 2.00 bits per heavy atom. The maximum atomic E-state index is 5.46. The molecule has 108 valence electrons. The van der Waals surface area contributed by atoms with Crippen LogP contribution in [0.5, 0.6) is 5.75 Å². The minimum Gasteiger partial charge on any atom is -0.496 e. The Bertz CT molecular complexity index is 509. The second-order valence-corrected chi connectivity index (χ2v) is 5.97. The van der Waals surface area contributed by atoms with Crippen LogP contribution in [0.25, 0.3) is 0 Å². The molecule has 20 heavy (non-hydrogen) atoms. The third-order valence-corrected chi connectivity index (χ3v) is 4.51. The third-order valence-electron chi connectivity index (χ3n) is 3.52. The summed E-state index contributed by atoms with van der Waals surface area (Å²) in [6.45, 7) is 4.43. The molecular formula is C17H23NOS. The van der Waals surface area contributed by atoms with E-state index in [1.54, 1.807) is 7.11 Å². The normalized spacial score (nSPS) is 13.9. The molecule has 2 unspecified atom stereocenters. The van der Waals surface area contributed by atoms with E-state index in [0.717, 1.165) is 12.2 Å². The molecule has 3 heteroatoms. The van der Waals surface area contributed by atoms with Crippen LogP contribution in [-0.2, 0) is 0 Å². The first-order chi connectivity index (χ1) is 9.76. The van der Waals surface area contributed by atoms with Gasteiger partial charge in [0, 0.05) is 22.5 Å². The molecule has 0 aliphatic carbocycles. The fraction of sp³-hybridized carbons (Fsp3) is 0.412. The lowest BCUT2D eigenvalue weighted by Gasteiger charge is -2.24. The van der Waals surface area contributed by atoms with Crippen molar-refractivity contribution in [2.45, 2.75) is 38.8 Å². The van der Waals surface area contributed by atoms with Crippen LogP contribution in [0.15, 0.2) is 41.8 Å². The van der Waals surface area contributed by atoms with Gasteiger partial charge in [-0.3, -0.25) is 0 Å². The number of ether oxygens (including phenoxy) is 1. The van der Waals surface area contributed by atoms with Gasteiger partial charge in [-0.1, -0.05) is 37.6 Å². The number of nitrogens with one attached hydrogen (secondary N) is 1. The number of para-hydroxylation sites is 1. The summed E-state index contributed by atoms with van der Waals surface area (Å²) in [5, 5.41) is 5.89. The van der Waals surface area contributed by atoms with E-state index in [9.17, 15) is 0 Å². The van der Waals surface area contributed by atoms with Crippen molar-refractivity contribution in [1.29, 1.82) is 0 Å². The maximum absolute atomic E-state index is 5.46. The summed E-state index contributed by atoms with van der Waals surface area (Å²) in [6.07, 6.45) is 2.33. The third kappa shape index (κ3) is 3.62. The fourth-order valence-electron chi connectivity index (χ4n) is 2.50. The number of rotatable bonds is 7. The first kappa shape index (κ1) is 15.1. The van der Waals surface area contributed by atoms with Gasteiger partial charge in [0.05, 0.1) is 7.11 Å². The molecule has 1 heterocycles. The van der Waals surface area contributed by atoms with Gasteiger partial charge < -0.3 is 10.1 Å². The topological polar surface area (TPSA) is 21.3 Å². The van der Waals surface area contributed by atoms with Crippen molar-refractivity contribution in [3.8, 4) is 5.75 Å². The second-order valence-electron chi connectivity index (χ2n) is 4.99. The molecule has 0 bridgehead atoms. The van der Waals surface area contributed by atoms with Crippen molar-refractivity contribution in [3.05, 3.63) is 52.2 Å². The van der Waals surface area contributed by atoms with Gasteiger partial charge in [-0.05, 0) is 30.9 Å². The molecule has 2 nitrogen and oxygen atoms in total. The average molecular weight is 289 g/mol. The van der Waals surface area contributed by atoms with Crippen molar-refractivity contribution in [1.82, 2.24) is 5.32 Å². The number of methoxy groups -OCH3 is 1. The highest BCUT2D eigenvalue weighted by atomic mass is 32.1. The minimum absolute atomic E-state index is 0.268. The molecule has 1 aromatic heterocycles. The Balaban J connectivity index is 2.14. The molecule has 0 amide bonds. The fourth-order valence-corrected chi connectivity index (χ4v) is 3.32. The molecule has 0 radical (unpaired) electrons. The predicted octanol–water partition coefficient (Wildman–Crippen LogP) is 4.95. The average Bonchev–Trinajstić information content (AvgIpc) is 3.00. The molecule has 1 N–H and O–H groups in total. The Labute approximate surface area is 125 Å². The molecule has 0 saturated heterocycles. The lowest BCUT2D eigenvalue weighted by atomic mass is 10.0. The summed E-state index contributed by atoms with van der Waals surface area (Å²) >= 11 is 1.82. The quantitative estimate of drug-likeness (QED) is 0.778. The van der Waals surface area contributed by atoms with Crippen LogP contribution in [0.2, 0.25) is 0 Å². The molecular weight excluding hydrogens is 266 g/mol. The summed E-state index contributed by atoms with van der Waals surface area (Å²) in [5.74, 6) is 0.953. The van der Waals surface area contributed by atoms with E-state index in [2.05, 4.69) is 48.8 Å². The van der Waals surface area contributed by atoms with Crippen molar-refractivity contribution in [2.24, 2.45) is 0 Å². The van der Waals surface area contributed by atoms with Crippen molar-refractivity contribution >= 4 is 11.3 Å². The highest BCUT2D eigenvalue weighted by molar-refractivity contribution is 7.10. The van der Waals surface area contributed by atoms with E-state index >= 15 is 0 Å². The van der Waals surface area contributed by atoms with Crippen molar-refractivity contribution in [3.63, 3.8) is 0 Å². The van der Waals surface area contributed by atoms with E-state index in [1.165, 1.54) is 16.9 Å². The molecule has 2 rings (SSSR count). The van der Waals surface area contributed by atoms with Gasteiger partial charge in [0.1, 0.15) is 5.75 Å². The summed E-state index contributed by atoms with van der Waals surface area (Å²) in [6, 6.07) is 13.3. The van der Waals surface area contributed by atoms with E-state index < -0.39 is 0 Å². The second kappa shape index (κ2) is 7.46. The molecule has 0 spiro atoms. The van der Waals surface area contributed by atoms with Crippen LogP contribution in [0.4, 0.5) is 0 Å². The van der Waals surface area contributed by atoms with E-state index in [4.69, 9.17) is 4.74 Å². The summed E-state index contributed by atoms with van der Waals surface area (Å²) in [4.78, 5) is 1.41. The minimum atomic E-state index is 0.268. The number of hydrogen-bond donors (Lipinski definition) is 1. The highest BCUT2D eigenvalue weighted by Crippen LogP contribution is 2.30. The van der Waals surface area contributed by atoms with Crippen LogP contribution < -0.4 is 10.1 Å². The number of hydrogen-bond acceptors (Lipinski definition) is 3. The molecule has 0 fully saturated rings. The monoisotopic (exact) mass is 289 g/mol. The zero-order chi connectivity index (χ0) is 14.4. The van der Waals surface area contributed by atoms with Crippen LogP contribution >= 0.6 is 11.3 Å². The molecule has 2 aromatic rings. The Hall–Kier alpha value is -1.32. The molecule has 0 saturated carbocycles. The molecule has 1 aromatic carbocycles. The smallest absolute Gasteiger partial charge is 0.123 e. The number of benzene rings is 1. The van der Waals surface area contributed by atoms with Crippen LogP contribution in [-0.4, -0.2) is 7.11 Å². The zero-order valence-corrected chi connectivity index (χ0v) is 13.2. The summed E-state index contributed by atoms with van der Waals surface area (Å²) in [7, 11) is 1.73. The lowest BCUT2D eigenvalue weighted by Crippen LogP contribution is -2.24. The Kier molecular flexibility index (Phi) is 5.62. The number of thiophene rings is 1. The highest BCUT2D eigenvalue weighted by Gasteiger charge is 2.17. The van der Waals surface area contributed by atoms with E-state index in [0.29, 0.717) is 6.04 Å². The van der Waals surface area contributed by atoms with Gasteiger partial charge in [0.25, 0.3) is 0 Å². The van der Waals surface area contributed by atoms with Gasteiger partial charge in [-0.2, -0.15) is 0 Å². The van der Waals surface area contributed by atoms with Crippen LogP contribution in [0.3, 0.4) is 0 Å². The van der Waals surface area contributed by atoms with E-state index in [-0.39, 0.29) is 6.04 Å². The van der Waals surface area contributed by atoms with E-state index in [1.807, 2.05) is 23.5 Å². The Morgan fingerprint density at radius 3 is 2.65 bits per heavy atom. The molecule has 0 aliphatic rings. The van der Waals surface area contributed by atoms with Gasteiger partial charge in [-0.15, -0.1) is 11.3 Å². The first-order valence-corrected chi connectivity index (χ1v) is 8.06. The van der Waals surface area contributed by atoms with Crippen LogP contribution in [0.1, 0.15) is 49.2 Å². The summed E-state index contributed by atoms with van der Waals surface area (Å²) < 4.78 is 5.46. The molecule has 0 aliphatic heterocycles. The van der Waals surface area contributed by atoms with Gasteiger partial charge in [0.15, 0.2) is 0 Å². The van der Waals surface area contributed by atoms with Gasteiger partial charge >= 0.3 is 0 Å². The first-order valence-electron chi connectivity index (χ1n) is 7.18. The largest absolute Gasteiger partial charge is 0.496 e. The van der Waals surface area contributed by atoms with Crippen molar-refractivity contribution < 1.29 is 4.74 Å². The van der Waals surface area contributed by atoms with Gasteiger partial charge in [-0.25, -0.2) is 0 Å². The maximum Gasteiger partial charge on any atom is 0.123 e. The van der Waals surface area contributed by atoms with Crippen molar-refractivity contribution in [2.75, 3.05) is 7.11 Å². The lowest BCUT2D eigenvalue weighted by molar-refractivity contribution is 0.390. The summed E-state index contributed by atoms with van der Waals surface area (Å²) in [5.41, 5.74) is 1.22. The molecule has 2 atom stereocenters. The predicted molar refractivity (Wildman–Crippen MR) is 86.5 cm³/mol. The van der Waals surface area contributed by atoms with Gasteiger partial charge in [0.2, 0.25) is 0 Å². The van der Waals surface area contributed by atoms with Crippen LogP contribution in [0, 0.1) is 0 Å². The Morgan fingerprint density at radius 1 is 1.20 bits per heavy atom.